The number of carboxylic acid groups (broad SMARTS) is 1. The molecule has 1 aliphatic rings. The van der Waals surface area contributed by atoms with Gasteiger partial charge in [-0.2, -0.15) is 0 Å². The number of carbonyl (C=O) groups is 2. The van der Waals surface area contributed by atoms with Crippen molar-refractivity contribution in [1.29, 1.82) is 0 Å². The summed E-state index contributed by atoms with van der Waals surface area (Å²) in [5.74, 6) is -1.02. The van der Waals surface area contributed by atoms with E-state index < -0.39 is 12.1 Å². The maximum atomic E-state index is 12.3. The van der Waals surface area contributed by atoms with Crippen molar-refractivity contribution in [2.75, 3.05) is 6.61 Å². The van der Waals surface area contributed by atoms with E-state index in [1.54, 1.807) is 6.07 Å². The van der Waals surface area contributed by atoms with Crippen LogP contribution in [-0.2, 0) is 11.3 Å². The first-order chi connectivity index (χ1) is 15.1. The molecule has 31 heavy (non-hydrogen) atoms. The van der Waals surface area contributed by atoms with Gasteiger partial charge in [0.05, 0.1) is 22.3 Å². The molecule has 1 aliphatic carbocycles. The molecule has 4 aromatic rings. The van der Waals surface area contributed by atoms with Gasteiger partial charge >= 0.3 is 12.1 Å². The van der Waals surface area contributed by atoms with Crippen LogP contribution in [0.1, 0.15) is 32.4 Å². The van der Waals surface area contributed by atoms with Gasteiger partial charge < -0.3 is 15.2 Å². The number of hydrogen-bond donors (Lipinski definition) is 2. The van der Waals surface area contributed by atoms with E-state index in [1.165, 1.54) is 28.5 Å². The Morgan fingerprint density at radius 1 is 0.968 bits per heavy atom. The van der Waals surface area contributed by atoms with Gasteiger partial charge in [-0.25, -0.2) is 14.6 Å². The fourth-order valence-electron chi connectivity index (χ4n) is 4.04. The molecule has 0 atom stereocenters. The number of carboxylic acids is 1. The fraction of sp³-hybridized carbons (Fsp3) is 0.125. The van der Waals surface area contributed by atoms with Crippen molar-refractivity contribution < 1.29 is 19.4 Å². The minimum atomic E-state index is -1.02. The zero-order valence-electron chi connectivity index (χ0n) is 16.4. The molecule has 0 spiro atoms. The standard InChI is InChI=1S/C24H18N2O4S/c27-23(28)18-10-5-11-20-22(18)26-21(31-20)12-25-24(29)30-13-19-16-8-3-1-6-14(16)15-7-2-4-9-17(15)19/h1-11,19H,12-13H2,(H,25,29)(H,27,28). The lowest BCUT2D eigenvalue weighted by Crippen LogP contribution is -2.25. The Morgan fingerprint density at radius 2 is 1.65 bits per heavy atom. The molecule has 0 bridgehead atoms. The quantitative estimate of drug-likeness (QED) is 0.463. The van der Waals surface area contributed by atoms with Crippen molar-refractivity contribution in [2.45, 2.75) is 12.5 Å². The Morgan fingerprint density at radius 3 is 2.32 bits per heavy atom. The molecular weight excluding hydrogens is 412 g/mol. The predicted molar refractivity (Wildman–Crippen MR) is 118 cm³/mol. The highest BCUT2D eigenvalue weighted by molar-refractivity contribution is 7.18. The van der Waals surface area contributed by atoms with Crippen LogP contribution in [0, 0.1) is 0 Å². The summed E-state index contributed by atoms with van der Waals surface area (Å²) in [6.45, 7) is 0.415. The van der Waals surface area contributed by atoms with Gasteiger partial charge in [-0.1, -0.05) is 54.6 Å². The third-order valence-electron chi connectivity index (χ3n) is 5.42. The average molecular weight is 430 g/mol. The SMILES string of the molecule is O=C(NCc1nc2c(C(=O)O)cccc2s1)OCC1c2ccccc2-c2ccccc21. The number of thiazole rings is 1. The first-order valence-corrected chi connectivity index (χ1v) is 10.6. The van der Waals surface area contributed by atoms with Crippen LogP contribution in [-0.4, -0.2) is 28.8 Å². The largest absolute Gasteiger partial charge is 0.478 e. The van der Waals surface area contributed by atoms with E-state index >= 15 is 0 Å². The van der Waals surface area contributed by atoms with Crippen molar-refractivity contribution in [3.05, 3.63) is 88.4 Å². The normalized spacial score (nSPS) is 12.4. The summed E-state index contributed by atoms with van der Waals surface area (Å²) in [6.07, 6.45) is -0.528. The van der Waals surface area contributed by atoms with Crippen molar-refractivity contribution in [2.24, 2.45) is 0 Å². The zero-order valence-corrected chi connectivity index (χ0v) is 17.2. The van der Waals surface area contributed by atoms with Crippen molar-refractivity contribution >= 4 is 33.6 Å². The van der Waals surface area contributed by atoms with Crippen LogP contribution in [0.15, 0.2) is 66.7 Å². The Balaban J connectivity index is 1.26. The number of nitrogens with one attached hydrogen (secondary N) is 1. The third kappa shape index (κ3) is 3.53. The first kappa shape index (κ1) is 19.3. The molecule has 1 heterocycles. The van der Waals surface area contributed by atoms with Gasteiger partial charge in [0.1, 0.15) is 11.6 Å². The topological polar surface area (TPSA) is 88.5 Å². The molecule has 0 fully saturated rings. The van der Waals surface area contributed by atoms with Crippen molar-refractivity contribution in [1.82, 2.24) is 10.3 Å². The van der Waals surface area contributed by atoms with E-state index in [4.69, 9.17) is 4.74 Å². The number of rotatable bonds is 5. The van der Waals surface area contributed by atoms with Gasteiger partial charge in [0.2, 0.25) is 0 Å². The number of hydrogen-bond acceptors (Lipinski definition) is 5. The molecule has 1 aromatic heterocycles. The molecule has 154 valence electrons. The van der Waals surface area contributed by atoms with E-state index in [0.29, 0.717) is 10.5 Å². The highest BCUT2D eigenvalue weighted by Crippen LogP contribution is 2.44. The van der Waals surface area contributed by atoms with E-state index in [9.17, 15) is 14.7 Å². The van der Waals surface area contributed by atoms with Crippen LogP contribution in [0.4, 0.5) is 4.79 Å². The molecule has 5 rings (SSSR count). The monoisotopic (exact) mass is 430 g/mol. The number of ether oxygens (including phenoxy) is 1. The van der Waals surface area contributed by atoms with E-state index in [0.717, 1.165) is 15.8 Å². The zero-order chi connectivity index (χ0) is 21.4. The van der Waals surface area contributed by atoms with Crippen molar-refractivity contribution in [3.63, 3.8) is 0 Å². The van der Waals surface area contributed by atoms with Crippen LogP contribution >= 0.6 is 11.3 Å². The number of carbonyl (C=O) groups excluding carboxylic acids is 1. The number of amides is 1. The Hall–Kier alpha value is -3.71. The number of alkyl carbamates (subject to hydrolysis) is 1. The lowest BCUT2D eigenvalue weighted by atomic mass is 9.98. The predicted octanol–water partition coefficient (Wildman–Crippen LogP) is 5.03. The summed E-state index contributed by atoms with van der Waals surface area (Å²) in [7, 11) is 0. The summed E-state index contributed by atoms with van der Waals surface area (Å²) in [5, 5.41) is 12.6. The van der Waals surface area contributed by atoms with Gasteiger partial charge in [-0.3, -0.25) is 0 Å². The average Bonchev–Trinajstić information content (AvgIpc) is 3.35. The van der Waals surface area contributed by atoms with Crippen LogP contribution in [0.3, 0.4) is 0 Å². The Bertz CT molecular complexity index is 1270. The molecule has 2 N–H and O–H groups in total. The number of aromatic carboxylic acids is 1. The molecule has 0 unspecified atom stereocenters. The van der Waals surface area contributed by atoms with E-state index in [-0.39, 0.29) is 24.6 Å². The van der Waals surface area contributed by atoms with Gasteiger partial charge in [-0.05, 0) is 34.4 Å². The van der Waals surface area contributed by atoms with E-state index in [2.05, 4.69) is 34.6 Å². The number of nitrogens with zero attached hydrogens (tertiary/aromatic N) is 1. The molecule has 3 aromatic carbocycles. The molecule has 0 aliphatic heterocycles. The second-order valence-corrected chi connectivity index (χ2v) is 8.36. The second kappa shape index (κ2) is 7.85. The molecule has 6 nitrogen and oxygen atoms in total. The Labute approximate surface area is 182 Å². The minimum absolute atomic E-state index is 0.00118. The molecule has 7 heteroatoms. The van der Waals surface area contributed by atoms with Gasteiger partial charge in [0.15, 0.2) is 0 Å². The minimum Gasteiger partial charge on any atom is -0.478 e. The van der Waals surface area contributed by atoms with Gasteiger partial charge in [-0.15, -0.1) is 11.3 Å². The molecule has 0 saturated heterocycles. The van der Waals surface area contributed by atoms with Crippen LogP contribution < -0.4 is 5.32 Å². The first-order valence-electron chi connectivity index (χ1n) is 9.82. The highest BCUT2D eigenvalue weighted by Gasteiger charge is 2.29. The summed E-state index contributed by atoms with van der Waals surface area (Å²) >= 11 is 1.35. The van der Waals surface area contributed by atoms with Gasteiger partial charge in [0.25, 0.3) is 0 Å². The highest BCUT2D eigenvalue weighted by atomic mass is 32.1. The van der Waals surface area contributed by atoms with Crippen LogP contribution in [0.5, 0.6) is 0 Å². The number of benzene rings is 3. The molecule has 1 amide bonds. The lowest BCUT2D eigenvalue weighted by molar-refractivity contribution is 0.0698. The summed E-state index contributed by atoms with van der Waals surface area (Å²) < 4.78 is 6.30. The Kier molecular flexibility index (Phi) is 4.88. The summed E-state index contributed by atoms with van der Waals surface area (Å²) in [5.41, 5.74) is 5.25. The maximum Gasteiger partial charge on any atom is 0.407 e. The van der Waals surface area contributed by atoms with Gasteiger partial charge in [0, 0.05) is 5.92 Å². The molecule has 0 saturated carbocycles. The number of aromatic nitrogens is 1. The summed E-state index contributed by atoms with van der Waals surface area (Å²) in [4.78, 5) is 28.1. The van der Waals surface area contributed by atoms with Crippen LogP contribution in [0.2, 0.25) is 0 Å². The smallest absolute Gasteiger partial charge is 0.407 e. The second-order valence-electron chi connectivity index (χ2n) is 7.24. The van der Waals surface area contributed by atoms with E-state index in [1.807, 2.05) is 30.3 Å². The molecule has 0 radical (unpaired) electrons. The fourth-order valence-corrected chi connectivity index (χ4v) is 4.97. The number of fused-ring (bicyclic) bond motifs is 4. The third-order valence-corrected chi connectivity index (χ3v) is 6.44. The van der Waals surface area contributed by atoms with Crippen LogP contribution in [0.25, 0.3) is 21.3 Å². The van der Waals surface area contributed by atoms with Crippen molar-refractivity contribution in [3.8, 4) is 11.1 Å². The maximum absolute atomic E-state index is 12.3. The summed E-state index contributed by atoms with van der Waals surface area (Å²) in [6, 6.07) is 21.4. The molecular formula is C24H18N2O4S. The lowest BCUT2D eigenvalue weighted by Gasteiger charge is -2.14. The number of para-hydroxylation sites is 1.